The number of aromatic nitrogens is 1. The molecule has 2 heteroatoms. The first-order valence-corrected chi connectivity index (χ1v) is 6.49. The van der Waals surface area contributed by atoms with E-state index in [-0.39, 0.29) is 0 Å². The van der Waals surface area contributed by atoms with Crippen LogP contribution in [0.15, 0.2) is 24.5 Å². The van der Waals surface area contributed by atoms with Crippen molar-refractivity contribution >= 4 is 0 Å². The highest BCUT2D eigenvalue weighted by atomic mass is 14.9. The van der Waals surface area contributed by atoms with Gasteiger partial charge in [-0.05, 0) is 24.5 Å². The second-order valence-electron chi connectivity index (χ2n) is 4.37. The maximum Gasteiger partial charge on any atom is 0.0312 e. The summed E-state index contributed by atoms with van der Waals surface area (Å²) < 4.78 is 0. The Bertz CT molecular complexity index is 259. The molecule has 2 nitrogen and oxygen atoms in total. The summed E-state index contributed by atoms with van der Waals surface area (Å²) >= 11 is 0. The molecule has 1 unspecified atom stereocenters. The zero-order chi connectivity index (χ0) is 11.6. The maximum atomic E-state index is 4.13. The van der Waals surface area contributed by atoms with Crippen LogP contribution in [-0.4, -0.2) is 11.0 Å². The van der Waals surface area contributed by atoms with Crippen LogP contribution in [0.4, 0.5) is 0 Å². The van der Waals surface area contributed by atoms with Gasteiger partial charge < -0.3 is 5.32 Å². The molecule has 0 saturated heterocycles. The lowest BCUT2D eigenvalue weighted by Gasteiger charge is -2.17. The average molecular weight is 220 g/mol. The molecule has 0 radical (unpaired) electrons. The zero-order valence-electron chi connectivity index (χ0n) is 10.6. The Morgan fingerprint density at radius 1 is 1.25 bits per heavy atom. The van der Waals surface area contributed by atoms with Crippen molar-refractivity contribution in [1.29, 1.82) is 0 Å². The van der Waals surface area contributed by atoms with Gasteiger partial charge in [-0.2, -0.15) is 0 Å². The summed E-state index contributed by atoms with van der Waals surface area (Å²) in [7, 11) is 0. The molecule has 0 fully saturated rings. The number of unbranched alkanes of at least 4 members (excludes halogenated alkanes) is 1. The lowest BCUT2D eigenvalue weighted by Crippen LogP contribution is -2.28. The summed E-state index contributed by atoms with van der Waals surface area (Å²) in [5.74, 6) is 0. The van der Waals surface area contributed by atoms with Gasteiger partial charge in [-0.1, -0.05) is 39.2 Å². The molecule has 0 amide bonds. The first-order chi connectivity index (χ1) is 7.86. The number of hydrogen-bond acceptors (Lipinski definition) is 2. The Labute approximate surface area is 99.5 Å². The third-order valence-electron chi connectivity index (χ3n) is 2.86. The van der Waals surface area contributed by atoms with Gasteiger partial charge in [0, 0.05) is 25.0 Å². The van der Waals surface area contributed by atoms with E-state index in [4.69, 9.17) is 0 Å². The van der Waals surface area contributed by atoms with E-state index in [1.54, 1.807) is 0 Å². The van der Waals surface area contributed by atoms with Gasteiger partial charge in [0.1, 0.15) is 0 Å². The second kappa shape index (κ2) is 8.28. The van der Waals surface area contributed by atoms with Crippen LogP contribution in [0.2, 0.25) is 0 Å². The van der Waals surface area contributed by atoms with Crippen molar-refractivity contribution in [2.75, 3.05) is 0 Å². The Morgan fingerprint density at radius 2 is 2.12 bits per heavy atom. The highest BCUT2D eigenvalue weighted by molar-refractivity contribution is 5.07. The van der Waals surface area contributed by atoms with E-state index < -0.39 is 0 Å². The molecule has 1 heterocycles. The minimum atomic E-state index is 0.671. The van der Waals surface area contributed by atoms with Gasteiger partial charge in [0.05, 0.1) is 0 Å². The van der Waals surface area contributed by atoms with Crippen molar-refractivity contribution in [1.82, 2.24) is 10.3 Å². The van der Waals surface area contributed by atoms with E-state index in [0.29, 0.717) is 6.04 Å². The first kappa shape index (κ1) is 13.2. The van der Waals surface area contributed by atoms with Crippen molar-refractivity contribution in [3.63, 3.8) is 0 Å². The Morgan fingerprint density at radius 3 is 2.75 bits per heavy atom. The fourth-order valence-electron chi connectivity index (χ4n) is 1.91. The van der Waals surface area contributed by atoms with Crippen LogP contribution >= 0.6 is 0 Å². The van der Waals surface area contributed by atoms with E-state index >= 15 is 0 Å². The van der Waals surface area contributed by atoms with Gasteiger partial charge in [0.2, 0.25) is 0 Å². The van der Waals surface area contributed by atoms with Crippen LogP contribution in [0.3, 0.4) is 0 Å². The smallest absolute Gasteiger partial charge is 0.0312 e. The lowest BCUT2D eigenvalue weighted by atomic mass is 10.0. The standard InChI is InChI=1S/C14H24N2/c1-3-5-9-14(7-4-2)16-12-13-8-6-10-15-11-13/h6,8,10-11,14,16H,3-5,7,9,12H2,1-2H3. The number of hydrogen-bond donors (Lipinski definition) is 1. The highest BCUT2D eigenvalue weighted by Gasteiger charge is 2.05. The molecule has 90 valence electrons. The van der Waals surface area contributed by atoms with Gasteiger partial charge in [0.15, 0.2) is 0 Å². The minimum absolute atomic E-state index is 0.671. The molecule has 0 aliphatic heterocycles. The molecular weight excluding hydrogens is 196 g/mol. The molecule has 1 atom stereocenters. The van der Waals surface area contributed by atoms with Crippen LogP contribution < -0.4 is 5.32 Å². The molecule has 0 bridgehead atoms. The SMILES string of the molecule is CCCCC(CCC)NCc1cccnc1. The third kappa shape index (κ3) is 5.26. The number of rotatable bonds is 8. The fourth-order valence-corrected chi connectivity index (χ4v) is 1.91. The predicted molar refractivity (Wildman–Crippen MR) is 69.3 cm³/mol. The molecule has 1 N–H and O–H groups in total. The topological polar surface area (TPSA) is 24.9 Å². The van der Waals surface area contributed by atoms with Gasteiger partial charge in [-0.15, -0.1) is 0 Å². The minimum Gasteiger partial charge on any atom is -0.310 e. The van der Waals surface area contributed by atoms with Crippen molar-refractivity contribution < 1.29 is 0 Å². The van der Waals surface area contributed by atoms with Crippen molar-refractivity contribution in [2.45, 2.75) is 58.5 Å². The zero-order valence-corrected chi connectivity index (χ0v) is 10.6. The Kier molecular flexibility index (Phi) is 6.82. The lowest BCUT2D eigenvalue weighted by molar-refractivity contribution is 0.434. The van der Waals surface area contributed by atoms with Gasteiger partial charge >= 0.3 is 0 Å². The van der Waals surface area contributed by atoms with Crippen LogP contribution in [0, 0.1) is 0 Å². The normalized spacial score (nSPS) is 12.6. The number of nitrogens with one attached hydrogen (secondary N) is 1. The Balaban J connectivity index is 2.31. The van der Waals surface area contributed by atoms with Crippen LogP contribution in [0.1, 0.15) is 51.5 Å². The van der Waals surface area contributed by atoms with Crippen molar-refractivity contribution in [3.05, 3.63) is 30.1 Å². The van der Waals surface area contributed by atoms with Crippen LogP contribution in [0.25, 0.3) is 0 Å². The molecule has 0 aliphatic rings. The van der Waals surface area contributed by atoms with E-state index in [2.05, 4.69) is 30.2 Å². The summed E-state index contributed by atoms with van der Waals surface area (Å²) in [6.45, 7) is 5.46. The van der Waals surface area contributed by atoms with Gasteiger partial charge in [-0.3, -0.25) is 4.98 Å². The van der Waals surface area contributed by atoms with Crippen LogP contribution in [0.5, 0.6) is 0 Å². The molecule has 1 rings (SSSR count). The quantitative estimate of drug-likeness (QED) is 0.725. The monoisotopic (exact) mass is 220 g/mol. The average Bonchev–Trinajstić information content (AvgIpc) is 2.34. The largest absolute Gasteiger partial charge is 0.310 e. The van der Waals surface area contributed by atoms with E-state index in [0.717, 1.165) is 6.54 Å². The molecule has 0 spiro atoms. The third-order valence-corrected chi connectivity index (χ3v) is 2.86. The summed E-state index contributed by atoms with van der Waals surface area (Å²) in [5.41, 5.74) is 1.28. The Hall–Kier alpha value is -0.890. The van der Waals surface area contributed by atoms with Crippen molar-refractivity contribution in [2.24, 2.45) is 0 Å². The van der Waals surface area contributed by atoms with Crippen LogP contribution in [-0.2, 0) is 6.54 Å². The predicted octanol–water partition coefficient (Wildman–Crippen LogP) is 3.53. The fraction of sp³-hybridized carbons (Fsp3) is 0.643. The van der Waals surface area contributed by atoms with Gasteiger partial charge in [-0.25, -0.2) is 0 Å². The molecular formula is C14H24N2. The summed E-state index contributed by atoms with van der Waals surface area (Å²) in [6.07, 6.45) is 10.2. The number of nitrogens with zero attached hydrogens (tertiary/aromatic N) is 1. The summed E-state index contributed by atoms with van der Waals surface area (Å²) in [6, 6.07) is 4.80. The molecule has 1 aromatic heterocycles. The summed E-state index contributed by atoms with van der Waals surface area (Å²) in [4.78, 5) is 4.13. The van der Waals surface area contributed by atoms with E-state index in [1.807, 2.05) is 18.5 Å². The number of pyridine rings is 1. The van der Waals surface area contributed by atoms with Gasteiger partial charge in [0.25, 0.3) is 0 Å². The molecule has 0 aromatic carbocycles. The molecule has 1 aromatic rings. The van der Waals surface area contributed by atoms with Crippen molar-refractivity contribution in [3.8, 4) is 0 Å². The molecule has 0 saturated carbocycles. The summed E-state index contributed by atoms with van der Waals surface area (Å²) in [5, 5.41) is 3.63. The second-order valence-corrected chi connectivity index (χ2v) is 4.37. The molecule has 0 aliphatic carbocycles. The maximum absolute atomic E-state index is 4.13. The van der Waals surface area contributed by atoms with E-state index in [9.17, 15) is 0 Å². The molecule has 16 heavy (non-hydrogen) atoms. The first-order valence-electron chi connectivity index (χ1n) is 6.49. The van der Waals surface area contributed by atoms with E-state index in [1.165, 1.54) is 37.7 Å². The highest BCUT2D eigenvalue weighted by Crippen LogP contribution is 2.08.